The van der Waals surface area contributed by atoms with Crippen LogP contribution in [0.3, 0.4) is 0 Å². The summed E-state index contributed by atoms with van der Waals surface area (Å²) in [5.74, 6) is -0.436. The molecule has 0 fully saturated rings. The van der Waals surface area contributed by atoms with Crippen molar-refractivity contribution in [2.75, 3.05) is 7.11 Å². The molecule has 0 aromatic heterocycles. The number of sulfonamides is 1. The van der Waals surface area contributed by atoms with Gasteiger partial charge in [-0.25, -0.2) is 18.6 Å². The first kappa shape index (κ1) is 17.9. The van der Waals surface area contributed by atoms with Crippen molar-refractivity contribution in [3.63, 3.8) is 0 Å². The maximum atomic E-state index is 12.2. The van der Waals surface area contributed by atoms with Gasteiger partial charge in [-0.15, -0.1) is 0 Å². The number of rotatable bonds is 7. The summed E-state index contributed by atoms with van der Waals surface area (Å²) in [6.07, 6.45) is 0. The summed E-state index contributed by atoms with van der Waals surface area (Å²) < 4.78 is 32.0. The van der Waals surface area contributed by atoms with E-state index in [0.717, 1.165) is 5.56 Å². The number of benzene rings is 2. The van der Waals surface area contributed by atoms with Gasteiger partial charge >= 0.3 is 0 Å². The lowest BCUT2D eigenvalue weighted by Crippen LogP contribution is -2.27. The van der Waals surface area contributed by atoms with E-state index in [1.165, 1.54) is 17.6 Å². The highest BCUT2D eigenvalue weighted by Crippen LogP contribution is 2.14. The number of methoxy groups -OCH3 is 1. The Bertz CT molecular complexity index is 803. The molecule has 0 heterocycles. The predicted octanol–water partition coefficient (Wildman–Crippen LogP) is 1.43. The molecular formula is C16H18N2O5S. The average Bonchev–Trinajstić information content (AvgIpc) is 2.60. The monoisotopic (exact) mass is 350 g/mol. The summed E-state index contributed by atoms with van der Waals surface area (Å²) in [7, 11) is -2.10. The molecule has 0 atom stereocenters. The third kappa shape index (κ3) is 4.79. The van der Waals surface area contributed by atoms with Crippen molar-refractivity contribution in [3.05, 3.63) is 65.2 Å². The van der Waals surface area contributed by atoms with Crippen LogP contribution in [0.1, 0.15) is 21.5 Å². The number of hydrogen-bond donors (Lipinski definition) is 3. The number of hydrogen-bond acceptors (Lipinski definition) is 5. The fourth-order valence-electron chi connectivity index (χ4n) is 2.12. The molecule has 2 aromatic rings. The quantitative estimate of drug-likeness (QED) is 0.518. The molecule has 0 aliphatic rings. The number of carbonyl (C=O) groups excluding carboxylic acids is 1. The fourth-order valence-corrected chi connectivity index (χ4v) is 3.27. The SMILES string of the molecule is COc1ccc(CNS(=O)(=O)Cc2ccccc2C(=O)NO)cc1. The molecule has 8 heteroatoms. The van der Waals surface area contributed by atoms with Gasteiger partial charge < -0.3 is 4.74 Å². The van der Waals surface area contributed by atoms with Gasteiger partial charge in [-0.2, -0.15) is 0 Å². The topological polar surface area (TPSA) is 105 Å². The molecule has 24 heavy (non-hydrogen) atoms. The van der Waals surface area contributed by atoms with Crippen molar-refractivity contribution < 1.29 is 23.2 Å². The van der Waals surface area contributed by atoms with Crippen LogP contribution in [0.25, 0.3) is 0 Å². The maximum Gasteiger partial charge on any atom is 0.274 e. The third-order valence-electron chi connectivity index (χ3n) is 3.36. The molecule has 0 bridgehead atoms. The van der Waals surface area contributed by atoms with Crippen LogP contribution in [0.5, 0.6) is 5.75 Å². The second kappa shape index (κ2) is 7.91. The molecule has 0 spiro atoms. The first-order chi connectivity index (χ1) is 11.4. The highest BCUT2D eigenvalue weighted by molar-refractivity contribution is 7.88. The van der Waals surface area contributed by atoms with Gasteiger partial charge in [-0.3, -0.25) is 10.0 Å². The molecule has 7 nitrogen and oxygen atoms in total. The molecule has 0 saturated heterocycles. The van der Waals surface area contributed by atoms with E-state index in [9.17, 15) is 13.2 Å². The summed E-state index contributed by atoms with van der Waals surface area (Å²) in [6.45, 7) is 0.126. The van der Waals surface area contributed by atoms with Gasteiger partial charge in [-0.1, -0.05) is 30.3 Å². The standard InChI is InChI=1S/C16H18N2O5S/c1-23-14-8-6-12(7-9-14)10-17-24(21,22)11-13-4-2-3-5-15(13)16(19)18-20/h2-9,17,20H,10-11H2,1H3,(H,18,19). The van der Waals surface area contributed by atoms with Crippen molar-refractivity contribution in [1.29, 1.82) is 0 Å². The van der Waals surface area contributed by atoms with Crippen molar-refractivity contribution in [2.24, 2.45) is 0 Å². The van der Waals surface area contributed by atoms with E-state index in [1.54, 1.807) is 43.5 Å². The Balaban J connectivity index is 2.07. The van der Waals surface area contributed by atoms with Crippen molar-refractivity contribution in [1.82, 2.24) is 10.2 Å². The highest BCUT2D eigenvalue weighted by Gasteiger charge is 2.17. The van der Waals surface area contributed by atoms with E-state index < -0.39 is 15.9 Å². The van der Waals surface area contributed by atoms with Crippen LogP contribution in [-0.2, 0) is 22.3 Å². The molecule has 2 rings (SSSR count). The minimum Gasteiger partial charge on any atom is -0.497 e. The number of carbonyl (C=O) groups is 1. The van der Waals surface area contributed by atoms with E-state index in [2.05, 4.69) is 4.72 Å². The van der Waals surface area contributed by atoms with Crippen molar-refractivity contribution >= 4 is 15.9 Å². The van der Waals surface area contributed by atoms with Gasteiger partial charge in [0.1, 0.15) is 5.75 Å². The predicted molar refractivity (Wildman–Crippen MR) is 88.2 cm³/mol. The van der Waals surface area contributed by atoms with Crippen LogP contribution in [0.2, 0.25) is 0 Å². The van der Waals surface area contributed by atoms with Crippen LogP contribution in [-0.4, -0.2) is 26.6 Å². The Hall–Kier alpha value is -2.42. The third-order valence-corrected chi connectivity index (χ3v) is 4.64. The first-order valence-corrected chi connectivity index (χ1v) is 8.73. The van der Waals surface area contributed by atoms with Gasteiger partial charge in [-0.05, 0) is 29.3 Å². The van der Waals surface area contributed by atoms with E-state index in [-0.39, 0.29) is 17.9 Å². The van der Waals surface area contributed by atoms with Crippen LogP contribution in [0.15, 0.2) is 48.5 Å². The molecule has 128 valence electrons. The molecule has 0 unspecified atom stereocenters. The Labute approximate surface area is 140 Å². The van der Waals surface area contributed by atoms with Gasteiger partial charge in [0.05, 0.1) is 12.9 Å². The van der Waals surface area contributed by atoms with E-state index in [1.807, 2.05) is 0 Å². The summed E-state index contributed by atoms with van der Waals surface area (Å²) in [4.78, 5) is 11.6. The summed E-state index contributed by atoms with van der Waals surface area (Å²) in [6, 6.07) is 13.2. The molecule has 0 aliphatic heterocycles. The number of nitrogens with one attached hydrogen (secondary N) is 2. The lowest BCUT2D eigenvalue weighted by molar-refractivity contribution is 0.0705. The molecule has 0 aliphatic carbocycles. The van der Waals surface area contributed by atoms with Crippen LogP contribution < -0.4 is 14.9 Å². The fraction of sp³-hybridized carbons (Fsp3) is 0.188. The zero-order chi connectivity index (χ0) is 17.6. The summed E-state index contributed by atoms with van der Waals surface area (Å²) >= 11 is 0. The molecule has 0 radical (unpaired) electrons. The van der Waals surface area contributed by atoms with Gasteiger partial charge in [0, 0.05) is 12.1 Å². The molecular weight excluding hydrogens is 332 g/mol. The number of ether oxygens (including phenoxy) is 1. The normalized spacial score (nSPS) is 11.1. The molecule has 1 amide bonds. The van der Waals surface area contributed by atoms with Crippen LogP contribution in [0, 0.1) is 0 Å². The maximum absolute atomic E-state index is 12.2. The Morgan fingerprint density at radius 2 is 1.79 bits per heavy atom. The van der Waals surface area contributed by atoms with Gasteiger partial charge in [0.2, 0.25) is 10.0 Å². The average molecular weight is 350 g/mol. The summed E-state index contributed by atoms with van der Waals surface area (Å²) in [5, 5.41) is 8.73. The van der Waals surface area contributed by atoms with Crippen LogP contribution in [0.4, 0.5) is 0 Å². The lowest BCUT2D eigenvalue weighted by atomic mass is 10.1. The smallest absolute Gasteiger partial charge is 0.274 e. The second-order valence-corrected chi connectivity index (χ2v) is 6.83. The van der Waals surface area contributed by atoms with Crippen molar-refractivity contribution in [2.45, 2.75) is 12.3 Å². The Morgan fingerprint density at radius 1 is 1.12 bits per heavy atom. The number of amides is 1. The Morgan fingerprint density at radius 3 is 2.42 bits per heavy atom. The van der Waals surface area contributed by atoms with E-state index >= 15 is 0 Å². The van der Waals surface area contributed by atoms with E-state index in [0.29, 0.717) is 11.3 Å². The Kier molecular flexibility index (Phi) is 5.91. The van der Waals surface area contributed by atoms with Crippen LogP contribution >= 0.6 is 0 Å². The largest absolute Gasteiger partial charge is 0.497 e. The lowest BCUT2D eigenvalue weighted by Gasteiger charge is -2.10. The minimum atomic E-state index is -3.66. The molecule has 2 aromatic carbocycles. The highest BCUT2D eigenvalue weighted by atomic mass is 32.2. The van der Waals surface area contributed by atoms with E-state index in [4.69, 9.17) is 9.94 Å². The van der Waals surface area contributed by atoms with Crippen molar-refractivity contribution in [3.8, 4) is 5.75 Å². The molecule has 3 N–H and O–H groups in total. The first-order valence-electron chi connectivity index (χ1n) is 7.08. The van der Waals surface area contributed by atoms with Gasteiger partial charge in [0.15, 0.2) is 0 Å². The zero-order valence-electron chi connectivity index (χ0n) is 13.0. The zero-order valence-corrected chi connectivity index (χ0v) is 13.8. The minimum absolute atomic E-state index is 0.106. The molecule has 0 saturated carbocycles. The summed E-state index contributed by atoms with van der Waals surface area (Å²) in [5.41, 5.74) is 2.69. The van der Waals surface area contributed by atoms with Gasteiger partial charge in [0.25, 0.3) is 5.91 Å². The number of hydroxylamine groups is 1. The second-order valence-electron chi connectivity index (χ2n) is 5.03.